The molecule has 1 saturated carbocycles. The second-order valence-electron chi connectivity index (χ2n) is 8.14. The van der Waals surface area contributed by atoms with Crippen molar-refractivity contribution in [1.29, 1.82) is 0 Å². The van der Waals surface area contributed by atoms with Gasteiger partial charge in [0.2, 0.25) is 5.91 Å². The molecule has 28 heavy (non-hydrogen) atoms. The summed E-state index contributed by atoms with van der Waals surface area (Å²) in [5.74, 6) is 1.50. The van der Waals surface area contributed by atoms with E-state index in [1.807, 2.05) is 10.9 Å². The van der Waals surface area contributed by atoms with E-state index in [1.54, 1.807) is 0 Å². The number of nitrogens with zero attached hydrogens (tertiary/aromatic N) is 4. The van der Waals surface area contributed by atoms with Crippen LogP contribution < -0.4 is 10.6 Å². The third-order valence-electron chi connectivity index (χ3n) is 5.72. The molecule has 0 bridgehead atoms. The van der Waals surface area contributed by atoms with Crippen LogP contribution in [0.25, 0.3) is 0 Å². The van der Waals surface area contributed by atoms with E-state index in [2.05, 4.69) is 40.7 Å². The van der Waals surface area contributed by atoms with Crippen molar-refractivity contribution in [3.05, 3.63) is 18.0 Å². The van der Waals surface area contributed by atoms with Crippen LogP contribution in [0.4, 0.5) is 0 Å². The highest BCUT2D eigenvalue weighted by Gasteiger charge is 2.31. The standard InChI is InChI=1S/C21H36N6O/c1-3-22-21(23-11-7-12-27-15-17(2)14-24-27)25-19-10-13-26(16-19)20(28)18-8-5-4-6-9-18/h14-15,18-19H,3-13,16H2,1-2H3,(H2,22,23,25). The van der Waals surface area contributed by atoms with E-state index in [1.165, 1.54) is 24.8 Å². The molecule has 0 spiro atoms. The monoisotopic (exact) mass is 388 g/mol. The van der Waals surface area contributed by atoms with Gasteiger partial charge in [-0.2, -0.15) is 5.10 Å². The lowest BCUT2D eigenvalue weighted by molar-refractivity contribution is -0.135. The number of nitrogens with one attached hydrogen (secondary N) is 2. The summed E-state index contributed by atoms with van der Waals surface area (Å²) in [6.45, 7) is 8.27. The molecule has 2 heterocycles. The maximum atomic E-state index is 12.7. The van der Waals surface area contributed by atoms with Crippen molar-refractivity contribution in [1.82, 2.24) is 25.3 Å². The molecule has 2 N–H and O–H groups in total. The number of amides is 1. The first kappa shape index (κ1) is 20.7. The van der Waals surface area contributed by atoms with Gasteiger partial charge in [0.1, 0.15) is 0 Å². The molecular formula is C21H36N6O. The number of guanidine groups is 1. The Morgan fingerprint density at radius 3 is 2.82 bits per heavy atom. The van der Waals surface area contributed by atoms with E-state index in [4.69, 9.17) is 4.99 Å². The van der Waals surface area contributed by atoms with E-state index in [0.717, 1.165) is 64.4 Å². The van der Waals surface area contributed by atoms with Crippen molar-refractivity contribution >= 4 is 11.9 Å². The Morgan fingerprint density at radius 1 is 1.29 bits per heavy atom. The van der Waals surface area contributed by atoms with Gasteiger partial charge in [0.25, 0.3) is 0 Å². The SMILES string of the molecule is CCNC(=NCCCn1cc(C)cn1)NC1CCN(C(=O)C2CCCCC2)C1. The van der Waals surface area contributed by atoms with E-state index < -0.39 is 0 Å². The highest BCUT2D eigenvalue weighted by Crippen LogP contribution is 2.26. The summed E-state index contributed by atoms with van der Waals surface area (Å²) in [5, 5.41) is 11.2. The maximum Gasteiger partial charge on any atom is 0.225 e. The zero-order valence-electron chi connectivity index (χ0n) is 17.5. The average molecular weight is 389 g/mol. The molecule has 0 aromatic carbocycles. The lowest BCUT2D eigenvalue weighted by atomic mass is 9.88. The average Bonchev–Trinajstić information content (AvgIpc) is 3.34. The molecule has 1 aromatic rings. The highest BCUT2D eigenvalue weighted by molar-refractivity contribution is 5.81. The van der Waals surface area contributed by atoms with Crippen LogP contribution in [0.5, 0.6) is 0 Å². The van der Waals surface area contributed by atoms with E-state index in [0.29, 0.717) is 11.9 Å². The molecule has 1 aliphatic carbocycles. The zero-order chi connectivity index (χ0) is 19.8. The minimum atomic E-state index is 0.264. The summed E-state index contributed by atoms with van der Waals surface area (Å²) in [7, 11) is 0. The number of carbonyl (C=O) groups is 1. The second kappa shape index (κ2) is 10.5. The van der Waals surface area contributed by atoms with Gasteiger partial charge in [-0.3, -0.25) is 14.5 Å². The Balaban J connectivity index is 1.43. The predicted molar refractivity (Wildman–Crippen MR) is 112 cm³/mol. The van der Waals surface area contributed by atoms with E-state index >= 15 is 0 Å². The first-order valence-corrected chi connectivity index (χ1v) is 11.0. The molecule has 1 atom stereocenters. The number of aliphatic imine (C=N–C) groups is 1. The molecule has 1 saturated heterocycles. The molecule has 0 radical (unpaired) electrons. The maximum absolute atomic E-state index is 12.7. The fourth-order valence-corrected chi connectivity index (χ4v) is 4.21. The van der Waals surface area contributed by atoms with Crippen LogP contribution in [0.15, 0.2) is 17.4 Å². The number of aromatic nitrogens is 2. The van der Waals surface area contributed by atoms with Crippen molar-refractivity contribution in [2.75, 3.05) is 26.2 Å². The van der Waals surface area contributed by atoms with Gasteiger partial charge in [0.15, 0.2) is 5.96 Å². The van der Waals surface area contributed by atoms with Gasteiger partial charge >= 0.3 is 0 Å². The molecule has 156 valence electrons. The van der Waals surface area contributed by atoms with Gasteiger partial charge < -0.3 is 15.5 Å². The van der Waals surface area contributed by atoms with Gasteiger partial charge in [-0.15, -0.1) is 0 Å². The summed E-state index contributed by atoms with van der Waals surface area (Å²) in [4.78, 5) is 19.5. The third kappa shape index (κ3) is 5.97. The normalized spacial score (nSPS) is 21.1. The molecule has 7 nitrogen and oxygen atoms in total. The number of aryl methyl sites for hydroxylation is 2. The molecule has 1 unspecified atom stereocenters. The zero-order valence-corrected chi connectivity index (χ0v) is 17.5. The van der Waals surface area contributed by atoms with Crippen LogP contribution in [0.2, 0.25) is 0 Å². The molecule has 2 aliphatic rings. The number of rotatable bonds is 7. The van der Waals surface area contributed by atoms with Crippen LogP contribution in [0.1, 0.15) is 57.4 Å². The topological polar surface area (TPSA) is 74.6 Å². The summed E-state index contributed by atoms with van der Waals surface area (Å²) in [6, 6.07) is 0.291. The van der Waals surface area contributed by atoms with Gasteiger partial charge in [0.05, 0.1) is 6.20 Å². The fraction of sp³-hybridized carbons (Fsp3) is 0.762. The number of carbonyl (C=O) groups excluding carboxylic acids is 1. The Bertz CT molecular complexity index is 649. The minimum absolute atomic E-state index is 0.264. The van der Waals surface area contributed by atoms with Crippen molar-refractivity contribution < 1.29 is 4.79 Å². The number of hydrogen-bond acceptors (Lipinski definition) is 3. The number of hydrogen-bond donors (Lipinski definition) is 2. The summed E-state index contributed by atoms with van der Waals surface area (Å²) in [5.41, 5.74) is 1.19. The molecule has 3 rings (SSSR count). The first-order chi connectivity index (χ1) is 13.7. The van der Waals surface area contributed by atoms with Crippen molar-refractivity contribution in [2.45, 2.75) is 71.4 Å². The molecule has 1 amide bonds. The van der Waals surface area contributed by atoms with Crippen LogP contribution >= 0.6 is 0 Å². The van der Waals surface area contributed by atoms with Gasteiger partial charge in [-0.25, -0.2) is 0 Å². The largest absolute Gasteiger partial charge is 0.357 e. The van der Waals surface area contributed by atoms with Crippen molar-refractivity contribution in [3.63, 3.8) is 0 Å². The van der Waals surface area contributed by atoms with Crippen LogP contribution in [-0.2, 0) is 11.3 Å². The van der Waals surface area contributed by atoms with Crippen LogP contribution in [-0.4, -0.2) is 58.8 Å². The summed E-state index contributed by atoms with van der Waals surface area (Å²) >= 11 is 0. The van der Waals surface area contributed by atoms with Gasteiger partial charge in [-0.1, -0.05) is 19.3 Å². The smallest absolute Gasteiger partial charge is 0.225 e. The number of likely N-dealkylation sites (tertiary alicyclic amines) is 1. The molecular weight excluding hydrogens is 352 g/mol. The van der Waals surface area contributed by atoms with E-state index in [9.17, 15) is 4.79 Å². The Labute approximate surface area is 169 Å². The third-order valence-corrected chi connectivity index (χ3v) is 5.72. The van der Waals surface area contributed by atoms with Crippen LogP contribution in [0, 0.1) is 12.8 Å². The lowest BCUT2D eigenvalue weighted by Gasteiger charge is -2.26. The molecule has 1 aliphatic heterocycles. The molecule has 1 aromatic heterocycles. The molecule has 7 heteroatoms. The Hall–Kier alpha value is -2.05. The minimum Gasteiger partial charge on any atom is -0.357 e. The Kier molecular flexibility index (Phi) is 7.74. The second-order valence-corrected chi connectivity index (χ2v) is 8.14. The molecule has 2 fully saturated rings. The predicted octanol–water partition coefficient (Wildman–Crippen LogP) is 2.32. The highest BCUT2D eigenvalue weighted by atomic mass is 16.2. The fourth-order valence-electron chi connectivity index (χ4n) is 4.21. The summed E-state index contributed by atoms with van der Waals surface area (Å²) < 4.78 is 1.97. The van der Waals surface area contributed by atoms with Crippen molar-refractivity contribution in [2.24, 2.45) is 10.9 Å². The lowest BCUT2D eigenvalue weighted by Crippen LogP contribution is -2.45. The Morgan fingerprint density at radius 2 is 2.11 bits per heavy atom. The van der Waals surface area contributed by atoms with Crippen molar-refractivity contribution in [3.8, 4) is 0 Å². The quantitative estimate of drug-likeness (QED) is 0.427. The summed E-state index contributed by atoms with van der Waals surface area (Å²) in [6.07, 6.45) is 11.8. The van der Waals surface area contributed by atoms with Gasteiger partial charge in [0, 0.05) is 50.9 Å². The van der Waals surface area contributed by atoms with Gasteiger partial charge in [-0.05, 0) is 45.1 Å². The van der Waals surface area contributed by atoms with Crippen LogP contribution in [0.3, 0.4) is 0 Å². The first-order valence-electron chi connectivity index (χ1n) is 11.0. The van der Waals surface area contributed by atoms with E-state index in [-0.39, 0.29) is 5.92 Å².